The number of hydrogen-bond acceptors (Lipinski definition) is 3. The number of nitrogens with one attached hydrogen (secondary N) is 1. The lowest BCUT2D eigenvalue weighted by atomic mass is 10.2. The van der Waals surface area contributed by atoms with Crippen LogP contribution >= 0.6 is 0 Å². The zero-order valence-corrected chi connectivity index (χ0v) is 8.19. The fourth-order valence-corrected chi connectivity index (χ4v) is 2.09. The molecule has 0 spiro atoms. The summed E-state index contributed by atoms with van der Waals surface area (Å²) in [6.07, 6.45) is 0. The fraction of sp³-hybridized carbons (Fsp3) is 0.800. The predicted molar refractivity (Wildman–Crippen MR) is 49.1 cm³/mol. The maximum absolute atomic E-state index is 11.3. The first kappa shape index (κ1) is 9.47. The lowest BCUT2D eigenvalue weighted by Crippen LogP contribution is -2.31. The molecule has 0 aromatic rings. The van der Waals surface area contributed by atoms with Crippen molar-refractivity contribution in [3.8, 4) is 6.07 Å². The molecule has 1 aliphatic carbocycles. The summed E-state index contributed by atoms with van der Waals surface area (Å²) in [6, 6.07) is 1.92. The van der Waals surface area contributed by atoms with Gasteiger partial charge in [-0.3, -0.25) is 4.79 Å². The van der Waals surface area contributed by atoms with Crippen molar-refractivity contribution in [1.82, 2.24) is 5.32 Å². The van der Waals surface area contributed by atoms with Crippen molar-refractivity contribution in [3.63, 3.8) is 0 Å². The Balaban J connectivity index is 1.69. The van der Waals surface area contributed by atoms with E-state index in [1.165, 1.54) is 0 Å². The summed E-state index contributed by atoms with van der Waals surface area (Å²) < 4.78 is 5.25. The Morgan fingerprint density at radius 1 is 1.64 bits per heavy atom. The molecule has 14 heavy (non-hydrogen) atoms. The molecule has 0 bridgehead atoms. The van der Waals surface area contributed by atoms with Crippen molar-refractivity contribution in [2.45, 2.75) is 6.92 Å². The van der Waals surface area contributed by atoms with Gasteiger partial charge in [-0.15, -0.1) is 0 Å². The number of carbonyl (C=O) groups is 1. The van der Waals surface area contributed by atoms with Crippen LogP contribution in [0.15, 0.2) is 0 Å². The number of ether oxygens (including phenoxy) is 1. The zero-order chi connectivity index (χ0) is 10.1. The number of carbonyl (C=O) groups excluding carboxylic acids is 1. The molecule has 1 N–H and O–H groups in total. The smallest absolute Gasteiger partial charge is 0.237 e. The van der Waals surface area contributed by atoms with Gasteiger partial charge in [0.25, 0.3) is 0 Å². The molecule has 76 valence electrons. The Bertz CT molecular complexity index is 274. The highest BCUT2D eigenvalue weighted by atomic mass is 16.5. The van der Waals surface area contributed by atoms with E-state index in [2.05, 4.69) is 5.32 Å². The quantitative estimate of drug-likeness (QED) is 0.696. The molecule has 1 aliphatic heterocycles. The molecule has 2 aliphatic rings. The van der Waals surface area contributed by atoms with Crippen molar-refractivity contribution in [2.75, 3.05) is 19.8 Å². The van der Waals surface area contributed by atoms with Gasteiger partial charge in [0.2, 0.25) is 5.91 Å². The molecule has 2 rings (SSSR count). The van der Waals surface area contributed by atoms with Gasteiger partial charge in [-0.2, -0.15) is 5.26 Å². The van der Waals surface area contributed by atoms with E-state index in [1.54, 1.807) is 6.92 Å². The van der Waals surface area contributed by atoms with Crippen LogP contribution < -0.4 is 5.32 Å². The van der Waals surface area contributed by atoms with Gasteiger partial charge in [-0.05, 0) is 24.7 Å². The van der Waals surface area contributed by atoms with Crippen LogP contribution in [0.25, 0.3) is 0 Å². The first-order valence-electron chi connectivity index (χ1n) is 4.99. The summed E-state index contributed by atoms with van der Waals surface area (Å²) in [6.45, 7) is 4.02. The van der Waals surface area contributed by atoms with Crippen LogP contribution in [0.4, 0.5) is 0 Å². The average molecular weight is 194 g/mol. The van der Waals surface area contributed by atoms with E-state index >= 15 is 0 Å². The average Bonchev–Trinajstić information content (AvgIpc) is 2.63. The van der Waals surface area contributed by atoms with Crippen LogP contribution in [0.2, 0.25) is 0 Å². The third-order valence-corrected chi connectivity index (χ3v) is 3.23. The molecule has 0 aromatic carbocycles. The number of hydrogen-bond donors (Lipinski definition) is 1. The van der Waals surface area contributed by atoms with Crippen LogP contribution in [0.1, 0.15) is 6.92 Å². The van der Waals surface area contributed by atoms with Crippen molar-refractivity contribution in [1.29, 1.82) is 5.26 Å². The molecular weight excluding hydrogens is 180 g/mol. The van der Waals surface area contributed by atoms with E-state index in [0.717, 1.165) is 13.2 Å². The lowest BCUT2D eigenvalue weighted by molar-refractivity contribution is -0.123. The topological polar surface area (TPSA) is 62.1 Å². The van der Waals surface area contributed by atoms with E-state index in [1.807, 2.05) is 6.07 Å². The van der Waals surface area contributed by atoms with E-state index < -0.39 is 5.92 Å². The maximum Gasteiger partial charge on any atom is 0.237 e. The molecule has 2 fully saturated rings. The normalized spacial score (nSPS) is 35.6. The molecule has 3 unspecified atom stereocenters. The minimum absolute atomic E-state index is 0.154. The second-order valence-electron chi connectivity index (χ2n) is 4.12. The van der Waals surface area contributed by atoms with Crippen LogP contribution in [0, 0.1) is 35.0 Å². The Kier molecular flexibility index (Phi) is 2.42. The van der Waals surface area contributed by atoms with E-state index in [-0.39, 0.29) is 5.91 Å². The monoisotopic (exact) mass is 194 g/mol. The van der Waals surface area contributed by atoms with Crippen molar-refractivity contribution in [2.24, 2.45) is 23.7 Å². The van der Waals surface area contributed by atoms with Crippen LogP contribution in [0.5, 0.6) is 0 Å². The standard InChI is InChI=1S/C10H14N2O2/c1-6(2-11)10(13)12-3-7-8-4-14-5-9(7)8/h6-9H,3-5H2,1H3,(H,12,13). The molecule has 1 saturated carbocycles. The highest BCUT2D eigenvalue weighted by Gasteiger charge is 2.53. The van der Waals surface area contributed by atoms with Gasteiger partial charge in [-0.25, -0.2) is 0 Å². The van der Waals surface area contributed by atoms with Crippen molar-refractivity contribution < 1.29 is 9.53 Å². The number of fused-ring (bicyclic) bond motifs is 1. The summed E-state index contributed by atoms with van der Waals surface area (Å²) in [5.41, 5.74) is 0. The first-order chi connectivity index (χ1) is 6.74. The first-order valence-corrected chi connectivity index (χ1v) is 4.99. The van der Waals surface area contributed by atoms with Gasteiger partial charge >= 0.3 is 0 Å². The second kappa shape index (κ2) is 3.58. The summed E-state index contributed by atoms with van der Waals surface area (Å²) in [7, 11) is 0. The van der Waals surface area contributed by atoms with Gasteiger partial charge in [-0.1, -0.05) is 0 Å². The number of nitriles is 1. The Morgan fingerprint density at radius 2 is 2.29 bits per heavy atom. The lowest BCUT2D eigenvalue weighted by Gasteiger charge is -2.07. The maximum atomic E-state index is 11.3. The van der Waals surface area contributed by atoms with Gasteiger partial charge in [0.15, 0.2) is 0 Å². The minimum atomic E-state index is -0.537. The Hall–Kier alpha value is -1.08. The van der Waals surface area contributed by atoms with E-state index in [4.69, 9.17) is 10.00 Å². The van der Waals surface area contributed by atoms with Crippen molar-refractivity contribution in [3.05, 3.63) is 0 Å². The Labute approximate surface area is 83.2 Å². The fourth-order valence-electron chi connectivity index (χ4n) is 2.09. The molecule has 1 saturated heterocycles. The van der Waals surface area contributed by atoms with Crippen LogP contribution in [0.3, 0.4) is 0 Å². The van der Waals surface area contributed by atoms with Gasteiger partial charge in [0.1, 0.15) is 5.92 Å². The molecule has 1 heterocycles. The number of nitrogens with zero attached hydrogens (tertiary/aromatic N) is 1. The van der Waals surface area contributed by atoms with Crippen molar-refractivity contribution >= 4 is 5.91 Å². The Morgan fingerprint density at radius 3 is 2.86 bits per heavy atom. The molecule has 0 aromatic heterocycles. The molecule has 3 atom stereocenters. The molecule has 0 radical (unpaired) electrons. The highest BCUT2D eigenvalue weighted by molar-refractivity contribution is 5.80. The molecular formula is C10H14N2O2. The summed E-state index contributed by atoms with van der Waals surface area (Å²) in [4.78, 5) is 11.3. The second-order valence-corrected chi connectivity index (χ2v) is 4.12. The third-order valence-electron chi connectivity index (χ3n) is 3.23. The predicted octanol–water partition coefficient (Wildman–Crippen LogP) is 0.155. The van der Waals surface area contributed by atoms with Crippen LogP contribution in [-0.4, -0.2) is 25.7 Å². The van der Waals surface area contributed by atoms with Gasteiger partial charge in [0.05, 0.1) is 19.3 Å². The molecule has 1 amide bonds. The third kappa shape index (κ3) is 1.60. The summed E-state index contributed by atoms with van der Waals surface area (Å²) in [5.74, 6) is 1.22. The van der Waals surface area contributed by atoms with E-state index in [9.17, 15) is 4.79 Å². The zero-order valence-electron chi connectivity index (χ0n) is 8.19. The van der Waals surface area contributed by atoms with E-state index in [0.29, 0.717) is 24.3 Å². The number of amides is 1. The van der Waals surface area contributed by atoms with Crippen LogP contribution in [-0.2, 0) is 9.53 Å². The summed E-state index contributed by atoms with van der Waals surface area (Å²) in [5, 5.41) is 11.3. The van der Waals surface area contributed by atoms with Gasteiger partial charge < -0.3 is 10.1 Å². The highest BCUT2D eigenvalue weighted by Crippen LogP contribution is 2.50. The largest absolute Gasteiger partial charge is 0.381 e. The van der Waals surface area contributed by atoms with Gasteiger partial charge in [0, 0.05) is 6.54 Å². The molecule has 4 heteroatoms. The summed E-state index contributed by atoms with van der Waals surface area (Å²) >= 11 is 0. The SMILES string of the molecule is CC(C#N)C(=O)NCC1C2COCC12. The number of rotatable bonds is 3. The minimum Gasteiger partial charge on any atom is -0.381 e. The molecule has 4 nitrogen and oxygen atoms in total.